The molecule has 1 aliphatic heterocycles. The lowest BCUT2D eigenvalue weighted by Gasteiger charge is -2.35. The highest BCUT2D eigenvalue weighted by Gasteiger charge is 2.21. The average Bonchev–Trinajstić information content (AvgIpc) is 2.30. The van der Waals surface area contributed by atoms with Gasteiger partial charge < -0.3 is 14.7 Å². The molecular weight excluding hydrogens is 238 g/mol. The first kappa shape index (κ1) is 12.7. The van der Waals surface area contributed by atoms with Gasteiger partial charge in [-0.2, -0.15) is 0 Å². The molecular formula is C13H18ClNO2. The number of nitrogens with zero attached hydrogens (tertiary/aromatic N) is 1. The van der Waals surface area contributed by atoms with Crippen LogP contribution in [0, 0.1) is 0 Å². The number of halogens is 1. The van der Waals surface area contributed by atoms with Gasteiger partial charge in [-0.3, -0.25) is 0 Å². The van der Waals surface area contributed by atoms with Crippen LogP contribution in [-0.2, 0) is 4.74 Å². The molecule has 3 nitrogen and oxygen atoms in total. The molecule has 0 spiro atoms. The SMILES string of the molecule is CC(O)c1ccc(N2CCOCC2C)c(Cl)c1. The molecule has 17 heavy (non-hydrogen) atoms. The Morgan fingerprint density at radius 2 is 2.29 bits per heavy atom. The van der Waals surface area contributed by atoms with Gasteiger partial charge in [-0.1, -0.05) is 17.7 Å². The van der Waals surface area contributed by atoms with Gasteiger partial charge in [0.25, 0.3) is 0 Å². The number of ether oxygens (including phenoxy) is 1. The van der Waals surface area contributed by atoms with Crippen LogP contribution in [0.3, 0.4) is 0 Å². The maximum absolute atomic E-state index is 9.51. The number of rotatable bonds is 2. The first-order chi connectivity index (χ1) is 8.09. The number of hydrogen-bond acceptors (Lipinski definition) is 3. The van der Waals surface area contributed by atoms with Gasteiger partial charge in [-0.05, 0) is 31.5 Å². The van der Waals surface area contributed by atoms with Crippen molar-refractivity contribution >= 4 is 17.3 Å². The maximum atomic E-state index is 9.51. The van der Waals surface area contributed by atoms with E-state index in [1.54, 1.807) is 6.92 Å². The normalized spacial score (nSPS) is 22.6. The minimum Gasteiger partial charge on any atom is -0.389 e. The third-order valence-corrected chi connectivity index (χ3v) is 3.43. The predicted octanol–water partition coefficient (Wildman–Crippen LogP) is 2.62. The Hall–Kier alpha value is -0.770. The summed E-state index contributed by atoms with van der Waals surface area (Å²) in [5, 5.41) is 10.2. The van der Waals surface area contributed by atoms with Crippen LogP contribution in [-0.4, -0.2) is 30.9 Å². The maximum Gasteiger partial charge on any atom is 0.0762 e. The molecule has 1 aromatic rings. The van der Waals surface area contributed by atoms with Crippen LogP contribution in [0.15, 0.2) is 18.2 Å². The van der Waals surface area contributed by atoms with Crippen LogP contribution in [0.25, 0.3) is 0 Å². The fraction of sp³-hybridized carbons (Fsp3) is 0.538. The summed E-state index contributed by atoms with van der Waals surface area (Å²) in [6, 6.07) is 6.07. The molecule has 0 saturated carbocycles. The van der Waals surface area contributed by atoms with E-state index in [-0.39, 0.29) is 0 Å². The van der Waals surface area contributed by atoms with Crippen LogP contribution in [0.2, 0.25) is 5.02 Å². The van der Waals surface area contributed by atoms with Crippen LogP contribution >= 0.6 is 11.6 Å². The largest absolute Gasteiger partial charge is 0.389 e. The molecule has 4 heteroatoms. The van der Waals surface area contributed by atoms with Crippen molar-refractivity contribution in [2.75, 3.05) is 24.7 Å². The van der Waals surface area contributed by atoms with Crippen molar-refractivity contribution < 1.29 is 9.84 Å². The number of benzene rings is 1. The number of hydrogen-bond donors (Lipinski definition) is 1. The molecule has 1 heterocycles. The summed E-state index contributed by atoms with van der Waals surface area (Å²) >= 11 is 6.28. The van der Waals surface area contributed by atoms with Gasteiger partial charge in [0.15, 0.2) is 0 Å². The first-order valence-electron chi connectivity index (χ1n) is 5.91. The molecule has 0 aliphatic carbocycles. The molecule has 2 unspecified atom stereocenters. The van der Waals surface area contributed by atoms with Crippen molar-refractivity contribution in [1.29, 1.82) is 0 Å². The number of aliphatic hydroxyl groups is 1. The van der Waals surface area contributed by atoms with Crippen LogP contribution in [0.4, 0.5) is 5.69 Å². The molecule has 0 amide bonds. The average molecular weight is 256 g/mol. The zero-order valence-electron chi connectivity index (χ0n) is 10.2. The molecule has 2 rings (SSSR count). The summed E-state index contributed by atoms with van der Waals surface area (Å²) in [4.78, 5) is 2.25. The molecule has 1 N–H and O–H groups in total. The van der Waals surface area contributed by atoms with E-state index < -0.39 is 6.10 Å². The van der Waals surface area contributed by atoms with Gasteiger partial charge in [0.05, 0.1) is 30.0 Å². The van der Waals surface area contributed by atoms with Crippen LogP contribution in [0.1, 0.15) is 25.5 Å². The molecule has 0 radical (unpaired) electrons. The fourth-order valence-corrected chi connectivity index (χ4v) is 2.40. The summed E-state index contributed by atoms with van der Waals surface area (Å²) in [6.45, 7) is 6.18. The summed E-state index contributed by atoms with van der Waals surface area (Å²) in [7, 11) is 0. The molecule has 1 saturated heterocycles. The van der Waals surface area contributed by atoms with Gasteiger partial charge in [-0.15, -0.1) is 0 Å². The third kappa shape index (κ3) is 2.73. The highest BCUT2D eigenvalue weighted by molar-refractivity contribution is 6.33. The van der Waals surface area contributed by atoms with E-state index in [0.717, 1.165) is 31.0 Å². The van der Waals surface area contributed by atoms with E-state index in [9.17, 15) is 5.11 Å². The van der Waals surface area contributed by atoms with E-state index in [0.29, 0.717) is 11.1 Å². The Bertz CT molecular complexity index is 395. The van der Waals surface area contributed by atoms with Gasteiger partial charge in [0.2, 0.25) is 0 Å². The zero-order chi connectivity index (χ0) is 12.4. The number of aliphatic hydroxyl groups excluding tert-OH is 1. The highest BCUT2D eigenvalue weighted by Crippen LogP contribution is 2.31. The number of morpholine rings is 1. The smallest absolute Gasteiger partial charge is 0.0762 e. The lowest BCUT2D eigenvalue weighted by molar-refractivity contribution is 0.0989. The molecule has 2 atom stereocenters. The summed E-state index contributed by atoms with van der Waals surface area (Å²) in [5.41, 5.74) is 1.87. The quantitative estimate of drug-likeness (QED) is 0.882. The van der Waals surface area contributed by atoms with Gasteiger partial charge in [0.1, 0.15) is 0 Å². The standard InChI is InChI=1S/C13H18ClNO2/c1-9-8-17-6-5-15(9)13-4-3-11(10(2)16)7-12(13)14/h3-4,7,9-10,16H,5-6,8H2,1-2H3. The Morgan fingerprint density at radius 1 is 1.53 bits per heavy atom. The van der Waals surface area contributed by atoms with Gasteiger partial charge >= 0.3 is 0 Å². The summed E-state index contributed by atoms with van der Waals surface area (Å²) < 4.78 is 5.41. The number of anilines is 1. The molecule has 0 bridgehead atoms. The van der Waals surface area contributed by atoms with Crippen LogP contribution < -0.4 is 4.90 Å². The monoisotopic (exact) mass is 255 g/mol. The van der Waals surface area contributed by atoms with Crippen molar-refractivity contribution in [3.8, 4) is 0 Å². The van der Waals surface area contributed by atoms with Crippen molar-refractivity contribution in [3.05, 3.63) is 28.8 Å². The Labute approximate surface area is 107 Å². The first-order valence-corrected chi connectivity index (χ1v) is 6.29. The lowest BCUT2D eigenvalue weighted by atomic mass is 10.1. The van der Waals surface area contributed by atoms with E-state index in [2.05, 4.69) is 11.8 Å². The Morgan fingerprint density at radius 3 is 2.88 bits per heavy atom. The Balaban J connectivity index is 2.26. The van der Waals surface area contributed by atoms with Gasteiger partial charge in [0, 0.05) is 12.6 Å². The summed E-state index contributed by atoms with van der Waals surface area (Å²) in [5.74, 6) is 0. The van der Waals surface area contributed by atoms with Crippen molar-refractivity contribution in [2.45, 2.75) is 26.0 Å². The highest BCUT2D eigenvalue weighted by atomic mass is 35.5. The summed E-state index contributed by atoms with van der Waals surface area (Å²) in [6.07, 6.45) is -0.483. The minimum absolute atomic E-state index is 0.332. The zero-order valence-corrected chi connectivity index (χ0v) is 10.9. The third-order valence-electron chi connectivity index (χ3n) is 3.13. The molecule has 94 valence electrons. The van der Waals surface area contributed by atoms with E-state index >= 15 is 0 Å². The van der Waals surface area contributed by atoms with Crippen LogP contribution in [0.5, 0.6) is 0 Å². The molecule has 0 aromatic heterocycles. The molecule has 1 aliphatic rings. The van der Waals surface area contributed by atoms with E-state index in [4.69, 9.17) is 16.3 Å². The minimum atomic E-state index is -0.483. The van der Waals surface area contributed by atoms with Crippen molar-refractivity contribution in [3.63, 3.8) is 0 Å². The van der Waals surface area contributed by atoms with Gasteiger partial charge in [-0.25, -0.2) is 0 Å². The van der Waals surface area contributed by atoms with E-state index in [1.807, 2.05) is 18.2 Å². The second kappa shape index (κ2) is 5.25. The Kier molecular flexibility index (Phi) is 3.92. The van der Waals surface area contributed by atoms with E-state index in [1.165, 1.54) is 0 Å². The predicted molar refractivity (Wildman–Crippen MR) is 69.7 cm³/mol. The molecule has 1 aromatic carbocycles. The fourth-order valence-electron chi connectivity index (χ4n) is 2.10. The van der Waals surface area contributed by atoms with Crippen molar-refractivity contribution in [2.24, 2.45) is 0 Å². The second-order valence-electron chi connectivity index (χ2n) is 4.50. The molecule has 1 fully saturated rings. The lowest BCUT2D eigenvalue weighted by Crippen LogP contribution is -2.43. The van der Waals surface area contributed by atoms with Crippen molar-refractivity contribution in [1.82, 2.24) is 0 Å². The topological polar surface area (TPSA) is 32.7 Å². The second-order valence-corrected chi connectivity index (χ2v) is 4.91.